The molecule has 8 heteroatoms. The third-order valence-corrected chi connectivity index (χ3v) is 7.10. The molecular weight excluding hydrogens is 540 g/mol. The van der Waals surface area contributed by atoms with Crippen molar-refractivity contribution < 1.29 is 28.9 Å². The third-order valence-electron chi connectivity index (χ3n) is 7.10. The van der Waals surface area contributed by atoms with Crippen LogP contribution >= 0.6 is 0 Å². The van der Waals surface area contributed by atoms with Crippen molar-refractivity contribution in [1.29, 1.82) is 0 Å². The molecule has 2 rings (SSSR count). The van der Waals surface area contributed by atoms with Crippen molar-refractivity contribution in [1.82, 2.24) is 9.13 Å². The SMILES string of the molecule is CCCCCCCCCCC(=O)[O-].CCCCCCCCCCCC(=O)[O-].CCn1cc[n+](C)c1.CCn1cc[n+](C)c1. The van der Waals surface area contributed by atoms with Gasteiger partial charge in [-0.05, 0) is 39.5 Å². The van der Waals surface area contributed by atoms with E-state index in [1.165, 1.54) is 83.5 Å². The largest absolute Gasteiger partial charge is 0.550 e. The van der Waals surface area contributed by atoms with E-state index in [0.717, 1.165) is 38.8 Å². The molecule has 0 saturated carbocycles. The van der Waals surface area contributed by atoms with Gasteiger partial charge in [-0.3, -0.25) is 0 Å². The summed E-state index contributed by atoms with van der Waals surface area (Å²) >= 11 is 0. The summed E-state index contributed by atoms with van der Waals surface area (Å²) in [7, 11) is 4.04. The number of aliphatic carboxylic acids is 2. The zero-order chi connectivity index (χ0) is 32.6. The molecule has 0 atom stereocenters. The van der Waals surface area contributed by atoms with Crippen molar-refractivity contribution in [2.24, 2.45) is 14.1 Å². The lowest BCUT2D eigenvalue weighted by molar-refractivity contribution is -0.671. The monoisotopic (exact) mass is 607 g/mol. The van der Waals surface area contributed by atoms with Gasteiger partial charge in [0.05, 0.1) is 27.2 Å². The maximum absolute atomic E-state index is 10.1. The number of aryl methyl sites for hydroxylation is 4. The first-order valence-electron chi connectivity index (χ1n) is 17.1. The van der Waals surface area contributed by atoms with E-state index in [2.05, 4.69) is 61.9 Å². The highest BCUT2D eigenvalue weighted by atomic mass is 16.4. The lowest BCUT2D eigenvalue weighted by Crippen LogP contribution is -2.23. The summed E-state index contributed by atoms with van der Waals surface area (Å²) in [5, 5.41) is 20.2. The van der Waals surface area contributed by atoms with E-state index in [1.54, 1.807) is 0 Å². The van der Waals surface area contributed by atoms with Crippen LogP contribution in [0.25, 0.3) is 0 Å². The molecular formula is C35H66N4O4. The minimum absolute atomic E-state index is 0.231. The van der Waals surface area contributed by atoms with Crippen LogP contribution in [0.5, 0.6) is 0 Å². The summed E-state index contributed by atoms with van der Waals surface area (Å²) in [6, 6.07) is 0. The van der Waals surface area contributed by atoms with Gasteiger partial charge in [0.25, 0.3) is 0 Å². The van der Waals surface area contributed by atoms with E-state index < -0.39 is 11.9 Å². The first kappa shape index (κ1) is 42.5. The molecule has 0 bridgehead atoms. The number of carbonyl (C=O) groups is 2. The number of carboxylic acids is 2. The van der Waals surface area contributed by atoms with Gasteiger partial charge in [-0.1, -0.05) is 110 Å². The highest BCUT2D eigenvalue weighted by molar-refractivity contribution is 5.64. The Hall–Kier alpha value is -2.64. The summed E-state index contributed by atoms with van der Waals surface area (Å²) in [5.41, 5.74) is 0. The fourth-order valence-electron chi connectivity index (χ4n) is 4.36. The van der Waals surface area contributed by atoms with Crippen molar-refractivity contribution in [2.75, 3.05) is 0 Å². The van der Waals surface area contributed by atoms with Gasteiger partial charge >= 0.3 is 0 Å². The molecule has 0 aliphatic heterocycles. The van der Waals surface area contributed by atoms with E-state index in [9.17, 15) is 19.8 Å². The van der Waals surface area contributed by atoms with E-state index in [4.69, 9.17) is 0 Å². The van der Waals surface area contributed by atoms with Crippen LogP contribution in [0.2, 0.25) is 0 Å². The molecule has 250 valence electrons. The van der Waals surface area contributed by atoms with Crippen LogP contribution in [0.3, 0.4) is 0 Å². The van der Waals surface area contributed by atoms with Crippen molar-refractivity contribution >= 4 is 11.9 Å². The molecule has 0 aromatic carbocycles. The average molecular weight is 607 g/mol. The number of unbranched alkanes of at least 4 members (excludes halogenated alkanes) is 15. The minimum Gasteiger partial charge on any atom is -0.550 e. The Labute approximate surface area is 264 Å². The Morgan fingerprint density at radius 2 is 0.791 bits per heavy atom. The normalized spacial score (nSPS) is 10.1. The molecule has 0 N–H and O–H groups in total. The fourth-order valence-corrected chi connectivity index (χ4v) is 4.36. The molecule has 0 saturated heterocycles. The summed E-state index contributed by atoms with van der Waals surface area (Å²) in [4.78, 5) is 20.2. The van der Waals surface area contributed by atoms with Gasteiger partial charge in [0, 0.05) is 11.9 Å². The summed E-state index contributed by atoms with van der Waals surface area (Å²) in [6.45, 7) is 10.8. The summed E-state index contributed by atoms with van der Waals surface area (Å²) < 4.78 is 8.31. The van der Waals surface area contributed by atoms with Crippen LogP contribution in [0.4, 0.5) is 0 Å². The zero-order valence-corrected chi connectivity index (χ0v) is 28.7. The number of hydrogen-bond acceptors (Lipinski definition) is 4. The molecule has 0 amide bonds. The molecule has 0 unspecified atom stereocenters. The first-order chi connectivity index (χ1) is 20.7. The van der Waals surface area contributed by atoms with E-state index >= 15 is 0 Å². The Morgan fingerprint density at radius 3 is 0.977 bits per heavy atom. The Balaban J connectivity index is 0. The molecule has 8 nitrogen and oxygen atoms in total. The number of aromatic nitrogens is 4. The van der Waals surface area contributed by atoms with Crippen molar-refractivity contribution in [2.45, 2.75) is 163 Å². The maximum atomic E-state index is 10.1. The van der Waals surface area contributed by atoms with E-state index in [1.807, 2.05) is 35.6 Å². The number of rotatable bonds is 21. The van der Waals surface area contributed by atoms with Crippen LogP contribution in [-0.2, 0) is 36.8 Å². The Bertz CT molecular complexity index is 839. The highest BCUT2D eigenvalue weighted by Crippen LogP contribution is 2.10. The van der Waals surface area contributed by atoms with Gasteiger partial charge in [-0.25, -0.2) is 18.3 Å². The van der Waals surface area contributed by atoms with E-state index in [-0.39, 0.29) is 12.8 Å². The Kier molecular flexibility index (Phi) is 31.9. The maximum Gasteiger partial charge on any atom is 0.243 e. The topological polar surface area (TPSA) is 97.9 Å². The van der Waals surface area contributed by atoms with Crippen LogP contribution < -0.4 is 19.3 Å². The average Bonchev–Trinajstić information content (AvgIpc) is 3.61. The lowest BCUT2D eigenvalue weighted by Gasteiger charge is -2.02. The van der Waals surface area contributed by atoms with Gasteiger partial charge in [0.15, 0.2) is 0 Å². The van der Waals surface area contributed by atoms with Gasteiger partial charge in [0.2, 0.25) is 12.7 Å². The standard InChI is InChI=1S/C12H24O2.C11H22O2.2C6H11N2/c1-2-3-4-5-6-7-8-9-10-11-12(13)14;1-2-3-4-5-6-7-8-9-10-11(12)13;2*1-3-8-5-4-7(2)6-8/h2-11H2,1H3,(H,13,14);2-10H2,1H3,(H,12,13);2*4-6H,3H2,1-2H3/q;;2*+1/p-2. The second-order valence-electron chi connectivity index (χ2n) is 11.4. The molecule has 0 aliphatic carbocycles. The molecule has 2 heterocycles. The number of carboxylic acid groups (broad SMARTS) is 2. The number of imidazole rings is 2. The van der Waals surface area contributed by atoms with E-state index in [0.29, 0.717) is 0 Å². The van der Waals surface area contributed by atoms with Crippen LogP contribution in [0.1, 0.15) is 150 Å². The van der Waals surface area contributed by atoms with Crippen LogP contribution in [0.15, 0.2) is 37.4 Å². The first-order valence-corrected chi connectivity index (χ1v) is 17.1. The molecule has 0 radical (unpaired) electrons. The number of nitrogens with zero attached hydrogens (tertiary/aromatic N) is 4. The lowest BCUT2D eigenvalue weighted by atomic mass is 10.1. The summed E-state index contributed by atoms with van der Waals surface area (Å²) in [5.74, 6) is -1.82. The van der Waals surface area contributed by atoms with Crippen LogP contribution in [0, 0.1) is 0 Å². The smallest absolute Gasteiger partial charge is 0.243 e. The molecule has 43 heavy (non-hydrogen) atoms. The molecule has 0 fully saturated rings. The second-order valence-corrected chi connectivity index (χ2v) is 11.4. The highest BCUT2D eigenvalue weighted by Gasteiger charge is 1.94. The number of hydrogen-bond donors (Lipinski definition) is 0. The minimum atomic E-state index is -0.911. The van der Waals surface area contributed by atoms with Crippen LogP contribution in [-0.4, -0.2) is 21.1 Å². The summed E-state index contributed by atoms with van der Waals surface area (Å²) in [6.07, 6.45) is 33.2. The van der Waals surface area contributed by atoms with Crippen molar-refractivity contribution in [3.05, 3.63) is 37.4 Å². The predicted molar refractivity (Wildman–Crippen MR) is 172 cm³/mol. The molecule has 2 aromatic heterocycles. The van der Waals surface area contributed by atoms with Gasteiger partial charge in [-0.2, -0.15) is 0 Å². The van der Waals surface area contributed by atoms with Gasteiger partial charge in [-0.15, -0.1) is 0 Å². The second kappa shape index (κ2) is 32.3. The number of carbonyl (C=O) groups excluding carboxylic acids is 2. The quantitative estimate of drug-likeness (QED) is 0.137. The Morgan fingerprint density at radius 1 is 0.512 bits per heavy atom. The predicted octanol–water partition coefficient (Wildman–Crippen LogP) is 5.59. The van der Waals surface area contributed by atoms with Crippen molar-refractivity contribution in [3.63, 3.8) is 0 Å². The third kappa shape index (κ3) is 33.7. The van der Waals surface area contributed by atoms with Crippen molar-refractivity contribution in [3.8, 4) is 0 Å². The molecule has 2 aromatic rings. The zero-order valence-electron chi connectivity index (χ0n) is 28.7. The fraction of sp³-hybridized carbons (Fsp3) is 0.771. The van der Waals surface area contributed by atoms with Gasteiger partial charge in [0.1, 0.15) is 24.8 Å². The molecule has 0 spiro atoms. The van der Waals surface area contributed by atoms with Gasteiger partial charge < -0.3 is 19.8 Å². The molecule has 0 aliphatic rings.